The molecule has 10 heteroatoms. The molecule has 0 aromatic heterocycles. The van der Waals surface area contributed by atoms with Crippen LogP contribution in [0.15, 0.2) is 71.6 Å². The lowest BCUT2D eigenvalue weighted by Gasteiger charge is -2.26. The number of carbonyl (C=O) groups is 2. The number of hydrogen-bond acceptors (Lipinski definition) is 7. The Balaban J connectivity index is 1.52. The zero-order valence-electron chi connectivity index (χ0n) is 19.9. The lowest BCUT2D eigenvalue weighted by atomic mass is 10.1. The molecule has 1 saturated heterocycles. The molecule has 3 aromatic carbocycles. The van der Waals surface area contributed by atoms with E-state index in [4.69, 9.17) is 14.2 Å². The van der Waals surface area contributed by atoms with E-state index in [2.05, 4.69) is 5.32 Å². The highest BCUT2D eigenvalue weighted by Crippen LogP contribution is 2.29. The summed E-state index contributed by atoms with van der Waals surface area (Å²) in [5.74, 6) is -0.737. The third kappa shape index (κ3) is 5.73. The largest absolute Gasteiger partial charge is 0.495 e. The molecule has 1 amide bonds. The molecular formula is C26H26N2O7S. The molecule has 1 N–H and O–H groups in total. The maximum atomic E-state index is 13.2. The molecule has 0 bridgehead atoms. The number of benzene rings is 3. The zero-order chi connectivity index (χ0) is 25.7. The number of ether oxygens (including phenoxy) is 3. The van der Waals surface area contributed by atoms with E-state index < -0.39 is 16.0 Å². The Bertz CT molecular complexity index is 1370. The first kappa shape index (κ1) is 25.4. The quantitative estimate of drug-likeness (QED) is 0.383. The number of anilines is 1. The predicted octanol–water partition coefficient (Wildman–Crippen LogP) is 3.50. The van der Waals surface area contributed by atoms with E-state index in [0.717, 1.165) is 5.56 Å². The van der Waals surface area contributed by atoms with Crippen LogP contribution in [0.1, 0.15) is 26.3 Å². The topological polar surface area (TPSA) is 111 Å². The highest BCUT2D eigenvalue weighted by molar-refractivity contribution is 7.89. The lowest BCUT2D eigenvalue weighted by molar-refractivity contribution is 0.0726. The Morgan fingerprint density at radius 3 is 2.33 bits per heavy atom. The molecule has 0 aliphatic carbocycles. The molecule has 1 aliphatic heterocycles. The Labute approximate surface area is 209 Å². The van der Waals surface area contributed by atoms with Crippen LogP contribution < -0.4 is 14.8 Å². The smallest absolute Gasteiger partial charge is 0.343 e. The second-order valence-electron chi connectivity index (χ2n) is 8.12. The van der Waals surface area contributed by atoms with E-state index in [0.29, 0.717) is 24.5 Å². The van der Waals surface area contributed by atoms with Gasteiger partial charge in [-0.05, 0) is 49.4 Å². The van der Waals surface area contributed by atoms with Gasteiger partial charge in [-0.1, -0.05) is 23.8 Å². The number of nitrogens with zero attached hydrogens (tertiary/aromatic N) is 1. The van der Waals surface area contributed by atoms with Crippen LogP contribution in [0, 0.1) is 6.92 Å². The number of nitrogens with one attached hydrogen (secondary N) is 1. The normalized spacial score (nSPS) is 14.2. The van der Waals surface area contributed by atoms with Crippen molar-refractivity contribution in [3.05, 3.63) is 83.4 Å². The fourth-order valence-corrected chi connectivity index (χ4v) is 5.23. The number of hydrogen-bond donors (Lipinski definition) is 1. The third-order valence-corrected chi connectivity index (χ3v) is 7.52. The van der Waals surface area contributed by atoms with Crippen LogP contribution in [0.4, 0.5) is 5.69 Å². The summed E-state index contributed by atoms with van der Waals surface area (Å²) in [6.45, 7) is 2.94. The number of sulfonamides is 1. The molecule has 36 heavy (non-hydrogen) atoms. The van der Waals surface area contributed by atoms with Crippen LogP contribution in [-0.4, -0.2) is 58.0 Å². The van der Waals surface area contributed by atoms with Crippen LogP contribution >= 0.6 is 0 Å². The van der Waals surface area contributed by atoms with Gasteiger partial charge in [0.15, 0.2) is 0 Å². The van der Waals surface area contributed by atoms with E-state index >= 15 is 0 Å². The lowest BCUT2D eigenvalue weighted by Crippen LogP contribution is -2.40. The number of esters is 1. The van der Waals surface area contributed by atoms with Gasteiger partial charge in [0, 0.05) is 30.4 Å². The average molecular weight is 511 g/mol. The number of morpholine rings is 1. The van der Waals surface area contributed by atoms with Crippen molar-refractivity contribution in [2.45, 2.75) is 11.8 Å². The molecule has 0 radical (unpaired) electrons. The van der Waals surface area contributed by atoms with Crippen LogP contribution in [0.5, 0.6) is 11.5 Å². The van der Waals surface area contributed by atoms with Crippen LogP contribution in [0.3, 0.4) is 0 Å². The molecule has 9 nitrogen and oxygen atoms in total. The SMILES string of the molecule is COc1ccc(C(=O)Oc2cccc(NC(=O)c3ccc(C)cc3)c2)cc1S(=O)(=O)N1CCOCC1. The van der Waals surface area contributed by atoms with Crippen molar-refractivity contribution in [3.63, 3.8) is 0 Å². The van der Waals surface area contributed by atoms with Crippen molar-refractivity contribution >= 4 is 27.6 Å². The molecule has 1 aliphatic rings. The number of methoxy groups -OCH3 is 1. The Morgan fingerprint density at radius 2 is 1.64 bits per heavy atom. The van der Waals surface area contributed by atoms with E-state index in [1.807, 2.05) is 19.1 Å². The van der Waals surface area contributed by atoms with Crippen molar-refractivity contribution < 1.29 is 32.2 Å². The Kier molecular flexibility index (Phi) is 7.68. The molecule has 0 spiro atoms. The number of aryl methyl sites for hydroxylation is 1. The minimum atomic E-state index is -3.91. The van der Waals surface area contributed by atoms with Crippen molar-refractivity contribution in [2.24, 2.45) is 0 Å². The molecule has 0 saturated carbocycles. The number of carbonyl (C=O) groups excluding carboxylic acids is 2. The maximum absolute atomic E-state index is 13.2. The fourth-order valence-electron chi connectivity index (χ4n) is 3.64. The van der Waals surface area contributed by atoms with E-state index in [-0.39, 0.29) is 41.0 Å². The Hall–Kier alpha value is -3.73. The third-order valence-electron chi connectivity index (χ3n) is 5.60. The summed E-state index contributed by atoms with van der Waals surface area (Å²) < 4.78 is 43.6. The van der Waals surface area contributed by atoms with Gasteiger partial charge in [0.1, 0.15) is 16.4 Å². The van der Waals surface area contributed by atoms with E-state index in [1.54, 1.807) is 30.3 Å². The van der Waals surface area contributed by atoms with Crippen molar-refractivity contribution in [1.29, 1.82) is 0 Å². The summed E-state index contributed by atoms with van der Waals surface area (Å²) >= 11 is 0. The second kappa shape index (κ2) is 10.9. The molecule has 0 atom stereocenters. The van der Waals surface area contributed by atoms with Crippen LogP contribution in [0.25, 0.3) is 0 Å². The fraction of sp³-hybridized carbons (Fsp3) is 0.231. The van der Waals surface area contributed by atoms with Gasteiger partial charge < -0.3 is 19.5 Å². The van der Waals surface area contributed by atoms with Crippen LogP contribution in [0.2, 0.25) is 0 Å². The summed E-state index contributed by atoms with van der Waals surface area (Å²) in [5, 5.41) is 2.77. The van der Waals surface area contributed by atoms with Crippen molar-refractivity contribution in [1.82, 2.24) is 4.31 Å². The van der Waals surface area contributed by atoms with Gasteiger partial charge in [-0.3, -0.25) is 4.79 Å². The minimum Gasteiger partial charge on any atom is -0.495 e. The predicted molar refractivity (Wildman–Crippen MR) is 133 cm³/mol. The van der Waals surface area contributed by atoms with E-state index in [9.17, 15) is 18.0 Å². The molecule has 4 rings (SSSR count). The van der Waals surface area contributed by atoms with Crippen molar-refractivity contribution in [3.8, 4) is 11.5 Å². The number of amides is 1. The summed E-state index contributed by atoms with van der Waals surface area (Å²) in [5.41, 5.74) is 2.02. The first-order valence-electron chi connectivity index (χ1n) is 11.2. The molecule has 3 aromatic rings. The van der Waals surface area contributed by atoms with Gasteiger partial charge in [0.25, 0.3) is 5.91 Å². The summed E-state index contributed by atoms with van der Waals surface area (Å²) in [4.78, 5) is 25.3. The van der Waals surface area contributed by atoms with Gasteiger partial charge in [0.05, 0.1) is 25.9 Å². The monoisotopic (exact) mass is 510 g/mol. The summed E-state index contributed by atoms with van der Waals surface area (Å²) in [6.07, 6.45) is 0. The van der Waals surface area contributed by atoms with Gasteiger partial charge in [-0.15, -0.1) is 0 Å². The summed E-state index contributed by atoms with van der Waals surface area (Å²) in [6, 6.07) is 17.6. The minimum absolute atomic E-state index is 0.0386. The highest BCUT2D eigenvalue weighted by Gasteiger charge is 2.30. The van der Waals surface area contributed by atoms with Crippen molar-refractivity contribution in [2.75, 3.05) is 38.7 Å². The highest BCUT2D eigenvalue weighted by atomic mass is 32.2. The first-order valence-corrected chi connectivity index (χ1v) is 12.7. The first-order chi connectivity index (χ1) is 17.3. The van der Waals surface area contributed by atoms with E-state index in [1.165, 1.54) is 35.7 Å². The maximum Gasteiger partial charge on any atom is 0.343 e. The van der Waals surface area contributed by atoms with Gasteiger partial charge in [-0.25, -0.2) is 13.2 Å². The van der Waals surface area contributed by atoms with Gasteiger partial charge in [-0.2, -0.15) is 4.31 Å². The summed E-state index contributed by atoms with van der Waals surface area (Å²) in [7, 11) is -2.55. The van der Waals surface area contributed by atoms with Gasteiger partial charge in [0.2, 0.25) is 10.0 Å². The molecular weight excluding hydrogens is 484 g/mol. The second-order valence-corrected chi connectivity index (χ2v) is 10.0. The molecule has 1 fully saturated rings. The molecule has 0 unspecified atom stereocenters. The zero-order valence-corrected chi connectivity index (χ0v) is 20.7. The van der Waals surface area contributed by atoms with Crippen LogP contribution in [-0.2, 0) is 14.8 Å². The standard InChI is InChI=1S/C26H26N2O7S/c1-18-6-8-19(9-7-18)25(29)27-21-4-3-5-22(17-21)35-26(30)20-10-11-23(33-2)24(16-20)36(31,32)28-12-14-34-15-13-28/h3-11,16-17H,12-15H2,1-2H3,(H,27,29). The molecule has 188 valence electrons. The number of rotatable bonds is 7. The Morgan fingerprint density at radius 1 is 0.944 bits per heavy atom. The average Bonchev–Trinajstić information content (AvgIpc) is 2.89. The molecule has 1 heterocycles. The van der Waals surface area contributed by atoms with Gasteiger partial charge >= 0.3 is 5.97 Å².